The molecular formula is C23H20F4N2O3. The van der Waals surface area contributed by atoms with Gasteiger partial charge in [0.25, 0.3) is 5.91 Å². The maximum atomic E-state index is 13.1. The Labute approximate surface area is 181 Å². The lowest BCUT2D eigenvalue weighted by Gasteiger charge is -2.16. The molecule has 0 radical (unpaired) electrons. The Kier molecular flexibility index (Phi) is 8.48. The van der Waals surface area contributed by atoms with Crippen molar-refractivity contribution in [3.05, 3.63) is 95.3 Å². The van der Waals surface area contributed by atoms with E-state index < -0.39 is 34.9 Å². The van der Waals surface area contributed by atoms with E-state index in [1.165, 1.54) is 12.1 Å². The summed E-state index contributed by atoms with van der Waals surface area (Å²) in [6, 6.07) is 17.4. The molecule has 3 aromatic carbocycles. The molecule has 0 heterocycles. The molecule has 3 aromatic rings. The Morgan fingerprint density at radius 3 is 2.16 bits per heavy atom. The lowest BCUT2D eigenvalue weighted by atomic mass is 10.1. The van der Waals surface area contributed by atoms with Crippen molar-refractivity contribution in [2.45, 2.75) is 19.6 Å². The molecule has 168 valence electrons. The van der Waals surface area contributed by atoms with E-state index >= 15 is 0 Å². The monoisotopic (exact) mass is 448 g/mol. The number of hydrogen-bond donors (Lipinski definition) is 2. The third kappa shape index (κ3) is 7.21. The lowest BCUT2D eigenvalue weighted by Crippen LogP contribution is -2.18. The van der Waals surface area contributed by atoms with E-state index in [1.807, 2.05) is 0 Å². The van der Waals surface area contributed by atoms with Crippen LogP contribution in [0, 0.1) is 5.82 Å². The van der Waals surface area contributed by atoms with Gasteiger partial charge in [0, 0.05) is 19.2 Å². The molecule has 0 atom stereocenters. The van der Waals surface area contributed by atoms with Crippen molar-refractivity contribution < 1.29 is 31.9 Å². The van der Waals surface area contributed by atoms with Gasteiger partial charge in [-0.2, -0.15) is 13.2 Å². The van der Waals surface area contributed by atoms with Crippen LogP contribution in [0.25, 0.3) is 0 Å². The molecular weight excluding hydrogens is 428 g/mol. The predicted octanol–water partition coefficient (Wildman–Crippen LogP) is 5.17. The molecule has 0 aromatic heterocycles. The average molecular weight is 448 g/mol. The van der Waals surface area contributed by atoms with Gasteiger partial charge in [-0.25, -0.2) is 4.39 Å². The SMILES string of the molecule is CC(=O)Oc1c(C(=O)Nc2cccc(CN)c2)cccc1C(F)(F)F.Fc1ccccc1. The second kappa shape index (κ2) is 11.1. The van der Waals surface area contributed by atoms with E-state index in [-0.39, 0.29) is 12.4 Å². The molecule has 0 fully saturated rings. The Morgan fingerprint density at radius 1 is 0.969 bits per heavy atom. The van der Waals surface area contributed by atoms with Crippen LogP contribution < -0.4 is 15.8 Å². The van der Waals surface area contributed by atoms with Crippen LogP contribution in [-0.4, -0.2) is 11.9 Å². The number of carbonyl (C=O) groups is 2. The van der Waals surface area contributed by atoms with Crippen LogP contribution in [0.3, 0.4) is 0 Å². The first kappa shape index (κ1) is 24.5. The Balaban J connectivity index is 0.000000439. The lowest BCUT2D eigenvalue weighted by molar-refractivity contribution is -0.141. The number of amides is 1. The molecule has 0 saturated carbocycles. The van der Waals surface area contributed by atoms with Crippen LogP contribution in [0.15, 0.2) is 72.8 Å². The zero-order chi connectivity index (χ0) is 23.7. The molecule has 0 saturated heterocycles. The van der Waals surface area contributed by atoms with Gasteiger partial charge in [0.15, 0.2) is 5.75 Å². The average Bonchev–Trinajstić information content (AvgIpc) is 2.74. The zero-order valence-electron chi connectivity index (χ0n) is 16.9. The minimum atomic E-state index is -4.78. The number of hydrogen-bond acceptors (Lipinski definition) is 4. The Morgan fingerprint density at radius 2 is 1.62 bits per heavy atom. The van der Waals surface area contributed by atoms with E-state index in [9.17, 15) is 27.2 Å². The normalized spacial score (nSPS) is 10.6. The molecule has 1 amide bonds. The quantitative estimate of drug-likeness (QED) is 0.328. The van der Waals surface area contributed by atoms with Crippen molar-refractivity contribution in [3.8, 4) is 5.75 Å². The van der Waals surface area contributed by atoms with Crippen LogP contribution >= 0.6 is 0 Å². The van der Waals surface area contributed by atoms with Crippen molar-refractivity contribution >= 4 is 17.6 Å². The molecule has 0 bridgehead atoms. The van der Waals surface area contributed by atoms with Gasteiger partial charge < -0.3 is 15.8 Å². The third-order valence-corrected chi connectivity index (χ3v) is 3.96. The molecule has 0 spiro atoms. The molecule has 0 unspecified atom stereocenters. The number of nitrogens with one attached hydrogen (secondary N) is 1. The summed E-state index contributed by atoms with van der Waals surface area (Å²) in [4.78, 5) is 23.6. The summed E-state index contributed by atoms with van der Waals surface area (Å²) < 4.78 is 56.0. The van der Waals surface area contributed by atoms with Crippen molar-refractivity contribution in [2.24, 2.45) is 5.73 Å². The number of alkyl halides is 3. The summed E-state index contributed by atoms with van der Waals surface area (Å²) in [5, 5.41) is 2.47. The van der Waals surface area contributed by atoms with E-state index in [0.29, 0.717) is 5.69 Å². The van der Waals surface area contributed by atoms with Gasteiger partial charge in [0.1, 0.15) is 5.82 Å². The van der Waals surface area contributed by atoms with Crippen molar-refractivity contribution in [1.29, 1.82) is 0 Å². The standard InChI is InChI=1S/C17H15F3N2O3.C6H5F/c1-10(23)25-15-13(6-3-7-14(15)17(18,19)20)16(24)22-12-5-2-4-11(8-12)9-21;7-6-4-2-1-3-5-6/h2-8H,9,21H2,1H3,(H,22,24);1-5H. The summed E-state index contributed by atoms with van der Waals surface area (Å²) >= 11 is 0. The first-order chi connectivity index (χ1) is 15.1. The second-order valence-corrected chi connectivity index (χ2v) is 6.43. The highest BCUT2D eigenvalue weighted by Gasteiger charge is 2.37. The fraction of sp³-hybridized carbons (Fsp3) is 0.130. The van der Waals surface area contributed by atoms with Crippen LogP contribution in [0.1, 0.15) is 28.4 Å². The number of benzene rings is 3. The molecule has 5 nitrogen and oxygen atoms in total. The first-order valence-electron chi connectivity index (χ1n) is 9.31. The van der Waals surface area contributed by atoms with Crippen LogP contribution in [0.4, 0.5) is 23.2 Å². The van der Waals surface area contributed by atoms with Crippen molar-refractivity contribution in [1.82, 2.24) is 0 Å². The molecule has 3 N–H and O–H groups in total. The summed E-state index contributed by atoms with van der Waals surface area (Å²) in [5.74, 6) is -2.80. The fourth-order valence-corrected chi connectivity index (χ4v) is 2.58. The summed E-state index contributed by atoms with van der Waals surface area (Å²) in [6.45, 7) is 1.20. The van der Waals surface area contributed by atoms with Crippen LogP contribution in [-0.2, 0) is 17.5 Å². The topological polar surface area (TPSA) is 81.4 Å². The third-order valence-electron chi connectivity index (χ3n) is 3.96. The maximum absolute atomic E-state index is 13.1. The molecule has 32 heavy (non-hydrogen) atoms. The molecule has 3 rings (SSSR count). The van der Waals surface area contributed by atoms with Gasteiger partial charge in [-0.05, 0) is 42.0 Å². The van der Waals surface area contributed by atoms with Crippen molar-refractivity contribution in [3.63, 3.8) is 0 Å². The highest BCUT2D eigenvalue weighted by molar-refractivity contribution is 6.07. The molecule has 0 aliphatic carbocycles. The van der Waals surface area contributed by atoms with Crippen molar-refractivity contribution in [2.75, 3.05) is 5.32 Å². The number of esters is 1. The minimum absolute atomic E-state index is 0.178. The molecule has 9 heteroatoms. The number of rotatable bonds is 4. The van der Waals surface area contributed by atoms with Gasteiger partial charge in [-0.1, -0.05) is 36.4 Å². The van der Waals surface area contributed by atoms with E-state index in [2.05, 4.69) is 10.1 Å². The number of halogens is 4. The van der Waals surface area contributed by atoms with E-state index in [4.69, 9.17) is 5.73 Å². The largest absolute Gasteiger partial charge is 0.425 e. The number of carbonyl (C=O) groups excluding carboxylic acids is 2. The van der Waals surface area contributed by atoms with Gasteiger partial charge >= 0.3 is 12.1 Å². The number of para-hydroxylation sites is 1. The first-order valence-corrected chi connectivity index (χ1v) is 9.31. The molecule has 0 aliphatic heterocycles. The van der Waals surface area contributed by atoms with Gasteiger partial charge in [-0.15, -0.1) is 0 Å². The number of anilines is 1. The maximum Gasteiger partial charge on any atom is 0.420 e. The fourth-order valence-electron chi connectivity index (χ4n) is 2.58. The zero-order valence-corrected chi connectivity index (χ0v) is 16.9. The summed E-state index contributed by atoms with van der Waals surface area (Å²) in [7, 11) is 0. The number of nitrogens with two attached hydrogens (primary N) is 1. The minimum Gasteiger partial charge on any atom is -0.425 e. The van der Waals surface area contributed by atoms with Crippen LogP contribution in [0.5, 0.6) is 5.75 Å². The van der Waals surface area contributed by atoms with Gasteiger partial charge in [0.05, 0.1) is 11.1 Å². The van der Waals surface area contributed by atoms with E-state index in [1.54, 1.807) is 42.5 Å². The summed E-state index contributed by atoms with van der Waals surface area (Å²) in [5.41, 5.74) is 5.01. The van der Waals surface area contributed by atoms with Gasteiger partial charge in [0.2, 0.25) is 0 Å². The smallest absolute Gasteiger partial charge is 0.420 e. The second-order valence-electron chi connectivity index (χ2n) is 6.43. The van der Waals surface area contributed by atoms with Crippen LogP contribution in [0.2, 0.25) is 0 Å². The van der Waals surface area contributed by atoms with Gasteiger partial charge in [-0.3, -0.25) is 9.59 Å². The summed E-state index contributed by atoms with van der Waals surface area (Å²) in [6.07, 6.45) is -4.78. The number of ether oxygens (including phenoxy) is 1. The Hall–Kier alpha value is -3.72. The Bertz CT molecular complexity index is 1070. The predicted molar refractivity (Wildman–Crippen MR) is 111 cm³/mol. The molecule has 0 aliphatic rings. The highest BCUT2D eigenvalue weighted by atomic mass is 19.4. The van der Waals surface area contributed by atoms with E-state index in [0.717, 1.165) is 30.7 Å². The highest BCUT2D eigenvalue weighted by Crippen LogP contribution is 2.38.